The average molecular weight is 565 g/mol. The van der Waals surface area contributed by atoms with Gasteiger partial charge in [0, 0.05) is 29.3 Å². The van der Waals surface area contributed by atoms with E-state index in [1.165, 1.54) is 13.5 Å². The quantitative estimate of drug-likeness (QED) is 0.129. The van der Waals surface area contributed by atoms with Gasteiger partial charge in [0.25, 0.3) is 5.91 Å². The number of primary amides is 1. The number of rotatable bonds is 15. The van der Waals surface area contributed by atoms with Crippen LogP contribution in [0.2, 0.25) is 5.02 Å². The number of pyridine rings is 1. The Kier molecular flexibility index (Phi) is 9.74. The number of methoxy groups -OCH3 is 1. The molecule has 0 saturated heterocycles. The van der Waals surface area contributed by atoms with Crippen molar-refractivity contribution in [1.29, 1.82) is 0 Å². The number of fused-ring (bicyclic) bond motifs is 1. The minimum atomic E-state index is -0.636. The lowest BCUT2D eigenvalue weighted by molar-refractivity contribution is 0.0997. The number of anilines is 2. The number of aromatic nitrogens is 1. The van der Waals surface area contributed by atoms with Gasteiger partial charge >= 0.3 is 0 Å². The largest absolute Gasteiger partial charge is 0.496 e. The summed E-state index contributed by atoms with van der Waals surface area (Å²) in [4.78, 5) is 40.7. The Hall–Kier alpha value is -3.95. The molecule has 3 aromatic carbocycles. The van der Waals surface area contributed by atoms with Crippen molar-refractivity contribution < 1.29 is 14.3 Å². The Balaban J connectivity index is 1.43. The number of ether oxygens (including phenoxy) is 2. The summed E-state index contributed by atoms with van der Waals surface area (Å²) in [5.74, 6) is 0.550. The van der Waals surface area contributed by atoms with Crippen LogP contribution in [0.5, 0.6) is 17.2 Å². The van der Waals surface area contributed by atoms with Crippen LogP contribution in [0.3, 0.4) is 0 Å². The van der Waals surface area contributed by atoms with E-state index in [-0.39, 0.29) is 5.56 Å². The number of unbranched alkanes of at least 4 members (excludes halogenated alkanes) is 6. The summed E-state index contributed by atoms with van der Waals surface area (Å²) in [6.07, 6.45) is 9.61. The van der Waals surface area contributed by atoms with E-state index in [2.05, 4.69) is 10.3 Å². The summed E-state index contributed by atoms with van der Waals surface area (Å²) in [5, 5.41) is 3.92. The van der Waals surface area contributed by atoms with E-state index in [9.17, 15) is 14.4 Å². The number of hydrogen-bond acceptors (Lipinski definition) is 8. The van der Waals surface area contributed by atoms with E-state index in [4.69, 9.17) is 32.5 Å². The number of nitrogens with two attached hydrogens (primary N) is 2. The fourth-order valence-electron chi connectivity index (χ4n) is 4.66. The third-order valence-corrected chi connectivity index (χ3v) is 7.17. The van der Waals surface area contributed by atoms with Crippen molar-refractivity contribution in [2.45, 2.75) is 51.4 Å². The van der Waals surface area contributed by atoms with E-state index >= 15 is 0 Å². The second kappa shape index (κ2) is 13.4. The molecule has 0 bridgehead atoms. The Morgan fingerprint density at radius 2 is 1.68 bits per heavy atom. The molecule has 40 heavy (non-hydrogen) atoms. The number of nitrogens with one attached hydrogen (secondary N) is 1. The predicted octanol–water partition coefficient (Wildman–Crippen LogP) is 5.36. The molecule has 9 nitrogen and oxygen atoms in total. The maximum absolute atomic E-state index is 12.3. The zero-order chi connectivity index (χ0) is 28.6. The lowest BCUT2D eigenvalue weighted by Gasteiger charge is -2.16. The summed E-state index contributed by atoms with van der Waals surface area (Å²) in [6, 6.07) is 9.83. The van der Waals surface area contributed by atoms with E-state index in [1.807, 2.05) is 0 Å². The highest BCUT2D eigenvalue weighted by molar-refractivity contribution is 6.33. The summed E-state index contributed by atoms with van der Waals surface area (Å²) in [7, 11) is 1.45. The minimum absolute atomic E-state index is 0.205. The predicted molar refractivity (Wildman–Crippen MR) is 158 cm³/mol. The number of hydrogen-bond donors (Lipinski definition) is 3. The SMILES string of the molecule is COc1cc2nccc(Oc3ccc(Nc4c(CCCCCCCCCN)c(=O)c4=O)c(Cl)c3)c2cc1C(N)=O. The molecule has 0 saturated carbocycles. The van der Waals surface area contributed by atoms with E-state index < -0.39 is 16.8 Å². The van der Waals surface area contributed by atoms with Crippen molar-refractivity contribution in [3.05, 3.63) is 79.2 Å². The zero-order valence-corrected chi connectivity index (χ0v) is 23.2. The van der Waals surface area contributed by atoms with Gasteiger partial charge in [0.15, 0.2) is 0 Å². The van der Waals surface area contributed by atoms with Gasteiger partial charge in [-0.25, -0.2) is 0 Å². The topological polar surface area (TPSA) is 147 Å². The molecule has 4 aromatic rings. The van der Waals surface area contributed by atoms with Crippen LogP contribution in [0.15, 0.2) is 52.2 Å². The van der Waals surface area contributed by atoms with Gasteiger partial charge in [0.2, 0.25) is 10.9 Å². The number of halogens is 1. The smallest absolute Gasteiger partial charge is 0.252 e. The lowest BCUT2D eigenvalue weighted by atomic mass is 9.99. The molecule has 1 heterocycles. The fraction of sp³-hybridized carbons (Fsp3) is 0.333. The molecule has 0 atom stereocenters. The Labute approximate surface area is 237 Å². The first-order valence-corrected chi connectivity index (χ1v) is 13.7. The average Bonchev–Trinajstić information content (AvgIpc) is 2.95. The van der Waals surface area contributed by atoms with Crippen LogP contribution in [-0.4, -0.2) is 24.5 Å². The summed E-state index contributed by atoms with van der Waals surface area (Å²) >= 11 is 6.52. The normalized spacial score (nSPS) is 11.2. The molecule has 1 amide bonds. The van der Waals surface area contributed by atoms with Gasteiger partial charge in [-0.2, -0.15) is 0 Å². The van der Waals surface area contributed by atoms with Crippen LogP contribution in [0.4, 0.5) is 11.4 Å². The van der Waals surface area contributed by atoms with Crippen LogP contribution in [0, 0.1) is 0 Å². The van der Waals surface area contributed by atoms with Crippen LogP contribution in [0.1, 0.15) is 60.9 Å². The number of amides is 1. The van der Waals surface area contributed by atoms with Gasteiger partial charge in [-0.3, -0.25) is 19.4 Å². The highest BCUT2D eigenvalue weighted by Gasteiger charge is 2.21. The van der Waals surface area contributed by atoms with Crippen molar-refractivity contribution in [1.82, 2.24) is 4.98 Å². The van der Waals surface area contributed by atoms with Gasteiger partial charge in [-0.05, 0) is 50.1 Å². The van der Waals surface area contributed by atoms with Gasteiger partial charge in [-0.15, -0.1) is 0 Å². The van der Waals surface area contributed by atoms with Gasteiger partial charge in [-0.1, -0.05) is 43.7 Å². The summed E-state index contributed by atoms with van der Waals surface area (Å²) in [6.45, 7) is 0.733. The van der Waals surface area contributed by atoms with Crippen LogP contribution in [-0.2, 0) is 6.42 Å². The van der Waals surface area contributed by atoms with E-state index in [0.29, 0.717) is 56.5 Å². The lowest BCUT2D eigenvalue weighted by Crippen LogP contribution is -2.37. The molecule has 10 heteroatoms. The molecule has 0 unspecified atom stereocenters. The number of carbonyl (C=O) groups is 1. The van der Waals surface area contributed by atoms with E-state index in [1.54, 1.807) is 42.6 Å². The monoisotopic (exact) mass is 564 g/mol. The Bertz CT molecular complexity index is 1580. The molecular formula is C30H33ClN4O5. The van der Waals surface area contributed by atoms with E-state index in [0.717, 1.165) is 45.1 Å². The number of carbonyl (C=O) groups excluding carboxylic acids is 1. The fourth-order valence-corrected chi connectivity index (χ4v) is 4.88. The van der Waals surface area contributed by atoms with Crippen molar-refractivity contribution in [2.75, 3.05) is 19.0 Å². The second-order valence-corrected chi connectivity index (χ2v) is 10.0. The maximum atomic E-state index is 12.3. The molecule has 0 radical (unpaired) electrons. The number of nitrogens with zero attached hydrogens (tertiary/aromatic N) is 1. The van der Waals surface area contributed by atoms with Crippen molar-refractivity contribution >= 4 is 39.8 Å². The molecule has 5 N–H and O–H groups in total. The molecule has 1 aromatic heterocycles. The standard InChI is InChI=1S/C30H33ClN4O5/c1-39-26-17-24-20(16-21(26)30(33)38)25(12-14-34-24)40-18-10-11-23(22(31)15-18)35-27-19(28(36)29(27)37)9-7-5-3-2-4-6-8-13-32/h10-12,14-17,35H,2-9,13,32H2,1H3,(H2,33,38). The molecule has 0 fully saturated rings. The van der Waals surface area contributed by atoms with Gasteiger partial charge in [0.05, 0.1) is 34.6 Å². The molecule has 0 aliphatic heterocycles. The highest BCUT2D eigenvalue weighted by Crippen LogP contribution is 2.36. The molecular weight excluding hydrogens is 532 g/mol. The third kappa shape index (κ3) is 6.60. The van der Waals surface area contributed by atoms with Crippen molar-refractivity contribution in [3.8, 4) is 17.2 Å². The van der Waals surface area contributed by atoms with Crippen LogP contribution < -0.4 is 37.1 Å². The Morgan fingerprint density at radius 1 is 0.950 bits per heavy atom. The first-order chi connectivity index (χ1) is 19.3. The first kappa shape index (κ1) is 29.0. The van der Waals surface area contributed by atoms with Gasteiger partial charge in [0.1, 0.15) is 17.2 Å². The molecule has 4 rings (SSSR count). The summed E-state index contributed by atoms with van der Waals surface area (Å²) < 4.78 is 11.3. The zero-order valence-electron chi connectivity index (χ0n) is 22.4. The van der Waals surface area contributed by atoms with Crippen molar-refractivity contribution in [3.63, 3.8) is 0 Å². The Morgan fingerprint density at radius 3 is 2.35 bits per heavy atom. The maximum Gasteiger partial charge on any atom is 0.252 e. The second-order valence-electron chi connectivity index (χ2n) is 9.64. The number of benzene rings is 2. The van der Waals surface area contributed by atoms with Crippen LogP contribution in [0.25, 0.3) is 10.9 Å². The highest BCUT2D eigenvalue weighted by atomic mass is 35.5. The van der Waals surface area contributed by atoms with Gasteiger partial charge < -0.3 is 26.3 Å². The molecule has 0 aliphatic rings. The molecule has 0 aliphatic carbocycles. The summed E-state index contributed by atoms with van der Waals surface area (Å²) in [5.41, 5.74) is 12.1. The first-order valence-electron chi connectivity index (χ1n) is 13.4. The molecule has 210 valence electrons. The van der Waals surface area contributed by atoms with Crippen LogP contribution >= 0.6 is 11.6 Å². The third-order valence-electron chi connectivity index (χ3n) is 6.86. The van der Waals surface area contributed by atoms with Crippen molar-refractivity contribution in [2.24, 2.45) is 11.5 Å². The minimum Gasteiger partial charge on any atom is -0.496 e. The molecule has 0 spiro atoms.